The Morgan fingerprint density at radius 2 is 2.07 bits per heavy atom. The number of hydrogen-bond donors (Lipinski definition) is 3. The molecule has 0 aromatic carbocycles. The van der Waals surface area contributed by atoms with Gasteiger partial charge in [-0.2, -0.15) is 5.10 Å². The molecule has 0 bridgehead atoms. The number of carboxylic acids is 1. The number of β-amino-alcohol motifs (C(OH)–C–C–N with tert-alkyl or cyclic N) is 1. The van der Waals surface area contributed by atoms with Crippen LogP contribution >= 0.6 is 0 Å². The Bertz CT molecular complexity index is 842. The number of aliphatic hydroxyl groups is 1. The van der Waals surface area contributed by atoms with Crippen molar-refractivity contribution in [2.24, 2.45) is 5.73 Å². The average Bonchev–Trinajstić information content (AvgIpc) is 3.02. The Hall–Kier alpha value is -2.29. The molecular weight excluding hydrogens is 346 g/mol. The van der Waals surface area contributed by atoms with E-state index in [9.17, 15) is 15.0 Å². The lowest BCUT2D eigenvalue weighted by Gasteiger charge is -2.31. The molecule has 1 atom stereocenters. The minimum Gasteiger partial charge on any atom is -0.477 e. The van der Waals surface area contributed by atoms with Crippen molar-refractivity contribution in [3.05, 3.63) is 35.3 Å². The smallest absolute Gasteiger partial charge is 0.354 e. The maximum absolute atomic E-state index is 11.9. The number of aliphatic hydroxyl groups excluding tert-OH is 1. The Morgan fingerprint density at radius 3 is 2.81 bits per heavy atom. The predicted molar refractivity (Wildman–Crippen MR) is 99.5 cm³/mol. The van der Waals surface area contributed by atoms with Gasteiger partial charge >= 0.3 is 5.97 Å². The first kappa shape index (κ1) is 18.1. The third-order valence-electron chi connectivity index (χ3n) is 5.54. The molecule has 2 aromatic heterocycles. The number of nitrogens with two attached hydrogens (primary N) is 1. The van der Waals surface area contributed by atoms with E-state index >= 15 is 0 Å². The largest absolute Gasteiger partial charge is 0.477 e. The fraction of sp³-hybridized carbons (Fsp3) is 0.526. The summed E-state index contributed by atoms with van der Waals surface area (Å²) in [7, 11) is 0. The second-order valence-electron chi connectivity index (χ2n) is 7.49. The highest BCUT2D eigenvalue weighted by Crippen LogP contribution is 2.34. The second-order valence-corrected chi connectivity index (χ2v) is 7.49. The number of aromatic carboxylic acids is 1. The number of pyridine rings is 1. The molecule has 8 heteroatoms. The van der Waals surface area contributed by atoms with Crippen LogP contribution in [0, 0.1) is 0 Å². The van der Waals surface area contributed by atoms with E-state index in [1.165, 1.54) is 4.68 Å². The SMILES string of the molecule is NC1CCN(CC(O)Cn2nc3c(c2C(=O)O)CCc2cnccc2-3)CC1. The molecule has 3 heterocycles. The molecule has 2 aliphatic rings. The summed E-state index contributed by atoms with van der Waals surface area (Å²) in [5.41, 5.74) is 9.58. The molecule has 0 saturated carbocycles. The molecule has 0 radical (unpaired) electrons. The second kappa shape index (κ2) is 7.38. The number of likely N-dealkylation sites (tertiary alicyclic amines) is 1. The van der Waals surface area contributed by atoms with Crippen LogP contribution in [0.1, 0.15) is 34.5 Å². The summed E-state index contributed by atoms with van der Waals surface area (Å²) in [5, 5.41) is 24.9. The van der Waals surface area contributed by atoms with Gasteiger partial charge in [0.25, 0.3) is 0 Å². The van der Waals surface area contributed by atoms with Crippen LogP contribution in [0.25, 0.3) is 11.3 Å². The number of fused-ring (bicyclic) bond motifs is 3. The monoisotopic (exact) mass is 371 g/mol. The molecule has 0 amide bonds. The number of aromatic nitrogens is 3. The quantitative estimate of drug-likeness (QED) is 0.701. The van der Waals surface area contributed by atoms with E-state index in [-0.39, 0.29) is 18.3 Å². The van der Waals surface area contributed by atoms with Gasteiger partial charge in [-0.1, -0.05) is 0 Å². The molecular formula is C19H25N5O3. The lowest BCUT2D eigenvalue weighted by molar-refractivity contribution is 0.0654. The zero-order chi connectivity index (χ0) is 19.0. The molecule has 0 spiro atoms. The number of carboxylic acid groups (broad SMARTS) is 1. The molecule has 1 unspecified atom stereocenters. The first-order valence-corrected chi connectivity index (χ1v) is 9.45. The average molecular weight is 371 g/mol. The van der Waals surface area contributed by atoms with E-state index < -0.39 is 12.1 Å². The van der Waals surface area contributed by atoms with Gasteiger partial charge in [0.05, 0.1) is 18.3 Å². The van der Waals surface area contributed by atoms with Crippen molar-refractivity contribution in [1.82, 2.24) is 19.7 Å². The number of hydrogen-bond acceptors (Lipinski definition) is 6. The molecule has 4 N–H and O–H groups in total. The molecule has 2 aromatic rings. The lowest BCUT2D eigenvalue weighted by Crippen LogP contribution is -2.43. The Morgan fingerprint density at radius 1 is 1.30 bits per heavy atom. The molecule has 8 nitrogen and oxygen atoms in total. The Kier molecular flexibility index (Phi) is 4.94. The summed E-state index contributed by atoms with van der Waals surface area (Å²) in [6, 6.07) is 2.12. The van der Waals surface area contributed by atoms with Crippen molar-refractivity contribution in [1.29, 1.82) is 0 Å². The molecule has 1 aliphatic heterocycles. The maximum Gasteiger partial charge on any atom is 0.354 e. The molecule has 1 saturated heterocycles. The van der Waals surface area contributed by atoms with E-state index in [1.54, 1.807) is 6.20 Å². The minimum atomic E-state index is -1.00. The zero-order valence-corrected chi connectivity index (χ0v) is 15.2. The number of rotatable bonds is 5. The number of carbonyl (C=O) groups is 1. The number of nitrogens with zero attached hydrogens (tertiary/aromatic N) is 4. The van der Waals surface area contributed by atoms with Crippen LogP contribution in [0.5, 0.6) is 0 Å². The summed E-state index contributed by atoms with van der Waals surface area (Å²) < 4.78 is 1.46. The lowest BCUT2D eigenvalue weighted by atomic mass is 9.90. The topological polar surface area (TPSA) is 118 Å². The van der Waals surface area contributed by atoms with Gasteiger partial charge in [0, 0.05) is 36.1 Å². The highest BCUT2D eigenvalue weighted by molar-refractivity contribution is 5.90. The van der Waals surface area contributed by atoms with Crippen molar-refractivity contribution in [3.63, 3.8) is 0 Å². The van der Waals surface area contributed by atoms with E-state index in [0.29, 0.717) is 18.7 Å². The van der Waals surface area contributed by atoms with Gasteiger partial charge in [0.2, 0.25) is 0 Å². The summed E-state index contributed by atoms with van der Waals surface area (Å²) in [5.74, 6) is -1.00. The highest BCUT2D eigenvalue weighted by Gasteiger charge is 2.29. The predicted octanol–water partition coefficient (Wildman–Crippen LogP) is 0.526. The minimum absolute atomic E-state index is 0.164. The van der Waals surface area contributed by atoms with Crippen molar-refractivity contribution in [2.75, 3.05) is 19.6 Å². The third-order valence-corrected chi connectivity index (χ3v) is 5.54. The summed E-state index contributed by atoms with van der Waals surface area (Å²) >= 11 is 0. The Labute approximate surface area is 157 Å². The van der Waals surface area contributed by atoms with Crippen LogP contribution in [0.15, 0.2) is 18.5 Å². The van der Waals surface area contributed by atoms with E-state index in [1.807, 2.05) is 12.3 Å². The molecule has 4 rings (SSSR count). The van der Waals surface area contributed by atoms with Crippen LogP contribution in [-0.4, -0.2) is 67.6 Å². The standard InChI is InChI=1S/C19H25N5O3/c20-13-4-7-23(8-5-13)10-14(25)11-24-18(19(26)27)16-2-1-12-9-21-6-3-15(12)17(16)22-24/h3,6,9,13-14,25H,1-2,4-5,7-8,10-11,20H2,(H,26,27). The third kappa shape index (κ3) is 3.60. The number of piperidine rings is 1. The van der Waals surface area contributed by atoms with Crippen LogP contribution in [0.3, 0.4) is 0 Å². The van der Waals surface area contributed by atoms with Gasteiger partial charge < -0.3 is 20.8 Å². The van der Waals surface area contributed by atoms with Gasteiger partial charge in [-0.05, 0) is 50.4 Å². The van der Waals surface area contributed by atoms with Gasteiger partial charge in [-0.25, -0.2) is 4.79 Å². The molecule has 1 aliphatic carbocycles. The first-order valence-electron chi connectivity index (χ1n) is 9.45. The fourth-order valence-electron chi connectivity index (χ4n) is 4.13. The van der Waals surface area contributed by atoms with Gasteiger partial charge in [0.1, 0.15) is 5.69 Å². The van der Waals surface area contributed by atoms with Gasteiger partial charge in [-0.15, -0.1) is 0 Å². The van der Waals surface area contributed by atoms with Crippen LogP contribution in [0.2, 0.25) is 0 Å². The summed E-state index contributed by atoms with van der Waals surface area (Å²) in [6.45, 7) is 2.38. The van der Waals surface area contributed by atoms with Gasteiger partial charge in [-0.3, -0.25) is 9.67 Å². The summed E-state index contributed by atoms with van der Waals surface area (Å²) in [6.07, 6.45) is 6.05. The van der Waals surface area contributed by atoms with Crippen molar-refractivity contribution in [3.8, 4) is 11.3 Å². The first-order chi connectivity index (χ1) is 13.0. The molecule has 27 heavy (non-hydrogen) atoms. The van der Waals surface area contributed by atoms with E-state index in [2.05, 4.69) is 15.0 Å². The normalized spacial score (nSPS) is 18.7. The molecule has 1 fully saturated rings. The summed E-state index contributed by atoms with van der Waals surface area (Å²) in [4.78, 5) is 18.2. The van der Waals surface area contributed by atoms with Crippen molar-refractivity contribution < 1.29 is 15.0 Å². The maximum atomic E-state index is 11.9. The highest BCUT2D eigenvalue weighted by atomic mass is 16.4. The zero-order valence-electron chi connectivity index (χ0n) is 15.2. The van der Waals surface area contributed by atoms with Crippen LogP contribution < -0.4 is 5.73 Å². The molecule has 144 valence electrons. The van der Waals surface area contributed by atoms with Crippen molar-refractivity contribution in [2.45, 2.75) is 44.4 Å². The van der Waals surface area contributed by atoms with E-state index in [0.717, 1.165) is 49.0 Å². The van der Waals surface area contributed by atoms with Crippen LogP contribution in [-0.2, 0) is 19.4 Å². The van der Waals surface area contributed by atoms with Crippen molar-refractivity contribution >= 4 is 5.97 Å². The van der Waals surface area contributed by atoms with Crippen LogP contribution in [0.4, 0.5) is 0 Å². The Balaban J connectivity index is 1.56. The number of aryl methyl sites for hydroxylation is 1. The fourth-order valence-corrected chi connectivity index (χ4v) is 4.13. The van der Waals surface area contributed by atoms with Gasteiger partial charge in [0.15, 0.2) is 0 Å². The van der Waals surface area contributed by atoms with E-state index in [4.69, 9.17) is 5.73 Å².